The van der Waals surface area contributed by atoms with Gasteiger partial charge in [-0.25, -0.2) is 0 Å². The van der Waals surface area contributed by atoms with Gasteiger partial charge in [-0.05, 0) is 18.1 Å². The van der Waals surface area contributed by atoms with Gasteiger partial charge in [-0.2, -0.15) is 0 Å². The molecule has 24 heavy (non-hydrogen) atoms. The second kappa shape index (κ2) is 6.83. The molecule has 0 saturated carbocycles. The first-order valence-electron chi connectivity index (χ1n) is 7.98. The van der Waals surface area contributed by atoms with Gasteiger partial charge in [-0.1, -0.05) is 60.2 Å². The standard InChI is InChI=1S/C19H19NO4/c1-13-7-9-14(10-8-13)17(12-20(22)23)16-11-18(24-19(16)21)15-5-3-2-4-6-15/h2-10,16-18H,11-12H2,1H3/t16-,17-,18+/m1/s1. The third kappa shape index (κ3) is 3.45. The van der Waals surface area contributed by atoms with E-state index in [0.29, 0.717) is 6.42 Å². The summed E-state index contributed by atoms with van der Waals surface area (Å²) in [6, 6.07) is 17.1. The quantitative estimate of drug-likeness (QED) is 0.478. The van der Waals surface area contributed by atoms with Crippen LogP contribution in [0.3, 0.4) is 0 Å². The zero-order valence-corrected chi connectivity index (χ0v) is 13.4. The zero-order chi connectivity index (χ0) is 17.1. The molecule has 1 aliphatic rings. The van der Waals surface area contributed by atoms with Crippen LogP contribution in [-0.2, 0) is 9.53 Å². The van der Waals surface area contributed by atoms with Crippen LogP contribution in [0.1, 0.15) is 35.1 Å². The molecule has 0 aromatic heterocycles. The molecule has 0 radical (unpaired) electrons. The smallest absolute Gasteiger partial charge is 0.310 e. The van der Waals surface area contributed by atoms with Gasteiger partial charge in [-0.15, -0.1) is 0 Å². The summed E-state index contributed by atoms with van der Waals surface area (Å²) < 4.78 is 5.51. The normalized spacial score (nSPS) is 21.3. The van der Waals surface area contributed by atoms with Crippen LogP contribution in [0.15, 0.2) is 54.6 Å². The maximum atomic E-state index is 12.4. The van der Waals surface area contributed by atoms with Crippen molar-refractivity contribution in [3.63, 3.8) is 0 Å². The van der Waals surface area contributed by atoms with Gasteiger partial charge in [0.25, 0.3) is 0 Å². The van der Waals surface area contributed by atoms with E-state index in [4.69, 9.17) is 4.74 Å². The van der Waals surface area contributed by atoms with Crippen LogP contribution in [-0.4, -0.2) is 17.4 Å². The molecule has 3 rings (SSSR count). The van der Waals surface area contributed by atoms with Crippen LogP contribution < -0.4 is 0 Å². The Balaban J connectivity index is 1.86. The topological polar surface area (TPSA) is 69.4 Å². The van der Waals surface area contributed by atoms with Crippen LogP contribution in [0, 0.1) is 23.0 Å². The molecule has 3 atom stereocenters. The fourth-order valence-corrected chi connectivity index (χ4v) is 3.24. The molecule has 0 unspecified atom stereocenters. The largest absolute Gasteiger partial charge is 0.457 e. The number of benzene rings is 2. The van der Waals surface area contributed by atoms with Crippen molar-refractivity contribution in [3.05, 3.63) is 81.4 Å². The first-order valence-corrected chi connectivity index (χ1v) is 7.98. The number of nitro groups is 1. The maximum absolute atomic E-state index is 12.4. The molecule has 1 heterocycles. The summed E-state index contributed by atoms with van der Waals surface area (Å²) in [5.74, 6) is -1.32. The van der Waals surface area contributed by atoms with Gasteiger partial charge in [0.2, 0.25) is 6.54 Å². The molecule has 1 fully saturated rings. The van der Waals surface area contributed by atoms with E-state index in [1.165, 1.54) is 0 Å². The highest BCUT2D eigenvalue weighted by atomic mass is 16.6. The van der Waals surface area contributed by atoms with Crippen molar-refractivity contribution in [1.29, 1.82) is 0 Å². The summed E-state index contributed by atoms with van der Waals surface area (Å²) in [5, 5.41) is 11.1. The van der Waals surface area contributed by atoms with Crippen LogP contribution >= 0.6 is 0 Å². The Bertz CT molecular complexity index is 727. The average Bonchev–Trinajstić information content (AvgIpc) is 2.96. The van der Waals surface area contributed by atoms with Crippen molar-refractivity contribution in [1.82, 2.24) is 0 Å². The van der Waals surface area contributed by atoms with Gasteiger partial charge in [0, 0.05) is 11.3 Å². The average molecular weight is 325 g/mol. The molecule has 0 spiro atoms. The second-order valence-corrected chi connectivity index (χ2v) is 6.21. The van der Waals surface area contributed by atoms with Crippen molar-refractivity contribution in [2.75, 3.05) is 6.54 Å². The Morgan fingerprint density at radius 1 is 1.17 bits per heavy atom. The van der Waals surface area contributed by atoms with E-state index in [1.54, 1.807) is 0 Å². The molecular weight excluding hydrogens is 306 g/mol. The Kier molecular flexibility index (Phi) is 4.60. The predicted molar refractivity (Wildman–Crippen MR) is 89.2 cm³/mol. The summed E-state index contributed by atoms with van der Waals surface area (Å²) in [4.78, 5) is 23.1. The summed E-state index contributed by atoms with van der Waals surface area (Å²) in [5.41, 5.74) is 2.82. The number of cyclic esters (lactones) is 1. The molecule has 0 aliphatic carbocycles. The lowest BCUT2D eigenvalue weighted by molar-refractivity contribution is -0.484. The summed E-state index contributed by atoms with van der Waals surface area (Å²) >= 11 is 0. The Morgan fingerprint density at radius 2 is 1.83 bits per heavy atom. The molecule has 2 aromatic rings. The van der Waals surface area contributed by atoms with E-state index in [1.807, 2.05) is 61.5 Å². The molecule has 0 bridgehead atoms. The van der Waals surface area contributed by atoms with Crippen LogP contribution in [0.4, 0.5) is 0 Å². The van der Waals surface area contributed by atoms with Gasteiger partial charge in [0.05, 0.1) is 11.8 Å². The number of esters is 1. The lowest BCUT2D eigenvalue weighted by Crippen LogP contribution is -2.24. The number of aryl methyl sites for hydroxylation is 1. The molecule has 5 heteroatoms. The highest BCUT2D eigenvalue weighted by Crippen LogP contribution is 2.41. The Labute approximate surface area is 140 Å². The zero-order valence-electron chi connectivity index (χ0n) is 13.4. The monoisotopic (exact) mass is 325 g/mol. The molecule has 124 valence electrons. The first-order chi connectivity index (χ1) is 11.5. The van der Waals surface area contributed by atoms with Crippen LogP contribution in [0.5, 0.6) is 0 Å². The van der Waals surface area contributed by atoms with Gasteiger partial charge in [-0.3, -0.25) is 14.9 Å². The van der Waals surface area contributed by atoms with E-state index in [-0.39, 0.29) is 23.5 Å². The fourth-order valence-electron chi connectivity index (χ4n) is 3.24. The third-order valence-electron chi connectivity index (χ3n) is 4.54. The van der Waals surface area contributed by atoms with Gasteiger partial charge < -0.3 is 4.74 Å². The third-order valence-corrected chi connectivity index (χ3v) is 4.54. The predicted octanol–water partition coefficient (Wildman–Crippen LogP) is 3.66. The first kappa shape index (κ1) is 16.2. The van der Waals surface area contributed by atoms with Crippen molar-refractivity contribution < 1.29 is 14.5 Å². The fraction of sp³-hybridized carbons (Fsp3) is 0.316. The maximum Gasteiger partial charge on any atom is 0.310 e. The van der Waals surface area contributed by atoms with Crippen LogP contribution in [0.25, 0.3) is 0 Å². The van der Waals surface area contributed by atoms with E-state index in [2.05, 4.69) is 0 Å². The lowest BCUT2D eigenvalue weighted by atomic mass is 9.83. The molecule has 0 N–H and O–H groups in total. The molecular formula is C19H19NO4. The number of hydrogen-bond donors (Lipinski definition) is 0. The van der Waals surface area contributed by atoms with Gasteiger partial charge in [0.15, 0.2) is 0 Å². The number of carbonyl (C=O) groups is 1. The summed E-state index contributed by atoms with van der Waals surface area (Å²) in [6.07, 6.45) is 0.137. The minimum Gasteiger partial charge on any atom is -0.457 e. The van der Waals surface area contributed by atoms with Gasteiger partial charge >= 0.3 is 5.97 Å². The van der Waals surface area contributed by atoms with E-state index >= 15 is 0 Å². The van der Waals surface area contributed by atoms with Crippen molar-refractivity contribution in [3.8, 4) is 0 Å². The Hall–Kier alpha value is -2.69. The number of nitrogens with zero attached hydrogens (tertiary/aromatic N) is 1. The lowest BCUT2D eigenvalue weighted by Gasteiger charge is -2.17. The van der Waals surface area contributed by atoms with Crippen molar-refractivity contribution in [2.24, 2.45) is 5.92 Å². The number of carbonyl (C=O) groups excluding carboxylic acids is 1. The minimum atomic E-state index is -0.497. The Morgan fingerprint density at radius 3 is 2.46 bits per heavy atom. The van der Waals surface area contributed by atoms with Gasteiger partial charge in [0.1, 0.15) is 6.10 Å². The summed E-state index contributed by atoms with van der Waals surface area (Å²) in [6.45, 7) is 1.69. The molecule has 5 nitrogen and oxygen atoms in total. The SMILES string of the molecule is Cc1ccc([C@@H](C[N+](=O)[O-])[C@H]2C[C@@H](c3ccccc3)OC2=O)cc1. The summed E-state index contributed by atoms with van der Waals surface area (Å²) in [7, 11) is 0. The highest BCUT2D eigenvalue weighted by molar-refractivity contribution is 5.76. The number of hydrogen-bond acceptors (Lipinski definition) is 4. The van der Waals surface area contributed by atoms with Crippen molar-refractivity contribution in [2.45, 2.75) is 25.4 Å². The minimum absolute atomic E-state index is 0.273. The van der Waals surface area contributed by atoms with E-state index in [9.17, 15) is 14.9 Å². The van der Waals surface area contributed by atoms with Crippen molar-refractivity contribution >= 4 is 5.97 Å². The number of ether oxygens (including phenoxy) is 1. The van der Waals surface area contributed by atoms with E-state index < -0.39 is 11.8 Å². The number of rotatable bonds is 5. The van der Waals surface area contributed by atoms with E-state index in [0.717, 1.165) is 16.7 Å². The second-order valence-electron chi connectivity index (χ2n) is 6.21. The molecule has 0 amide bonds. The molecule has 2 aromatic carbocycles. The highest BCUT2D eigenvalue weighted by Gasteiger charge is 2.42. The molecule has 1 aliphatic heterocycles. The molecule has 1 saturated heterocycles. The van der Waals surface area contributed by atoms with Crippen LogP contribution in [0.2, 0.25) is 0 Å².